The van der Waals surface area contributed by atoms with Crippen LogP contribution in [0.1, 0.15) is 32.1 Å². The summed E-state index contributed by atoms with van der Waals surface area (Å²) in [5, 5.41) is 0. The summed E-state index contributed by atoms with van der Waals surface area (Å²) in [5.74, 6) is -0.223. The van der Waals surface area contributed by atoms with E-state index in [0.29, 0.717) is 13.0 Å². The molecule has 1 rings (SSSR count). The van der Waals surface area contributed by atoms with Crippen LogP contribution in [-0.4, -0.2) is 45.2 Å². The highest BCUT2D eigenvalue weighted by Gasteiger charge is 2.28. The van der Waals surface area contributed by atoms with Crippen LogP contribution in [0.15, 0.2) is 0 Å². The maximum absolute atomic E-state index is 11.8. The molecule has 1 saturated carbocycles. The molecule has 0 heterocycles. The first kappa shape index (κ1) is 17.2. The Balaban J connectivity index is 2.00. The zero-order chi connectivity index (χ0) is 15.0. The van der Waals surface area contributed by atoms with Crippen molar-refractivity contribution in [1.29, 1.82) is 0 Å². The summed E-state index contributed by atoms with van der Waals surface area (Å²) in [6.07, 6.45) is -0.713. The topological polar surface area (TPSA) is 44.8 Å². The molecule has 0 radical (unpaired) electrons. The number of hydrogen-bond acceptors (Lipinski definition) is 4. The number of halogens is 3. The van der Waals surface area contributed by atoms with Gasteiger partial charge in [-0.05, 0) is 32.1 Å². The van der Waals surface area contributed by atoms with E-state index in [1.54, 1.807) is 0 Å². The molecule has 0 bridgehead atoms. The van der Waals surface area contributed by atoms with Crippen LogP contribution in [0.3, 0.4) is 0 Å². The van der Waals surface area contributed by atoms with Gasteiger partial charge in [0.15, 0.2) is 0 Å². The van der Waals surface area contributed by atoms with Gasteiger partial charge >= 0.3 is 12.1 Å². The summed E-state index contributed by atoms with van der Waals surface area (Å²) in [6, 6.07) is 0. The van der Waals surface area contributed by atoms with Gasteiger partial charge < -0.3 is 14.2 Å². The van der Waals surface area contributed by atoms with Crippen molar-refractivity contribution < 1.29 is 32.2 Å². The Labute approximate surface area is 116 Å². The molecule has 0 unspecified atom stereocenters. The van der Waals surface area contributed by atoms with Crippen molar-refractivity contribution in [3.05, 3.63) is 0 Å². The SMILES string of the molecule is COC(=O)C1CCC(OCCCOCC(F)(F)F)CC1. The van der Waals surface area contributed by atoms with E-state index in [2.05, 4.69) is 9.47 Å². The predicted molar refractivity (Wildman–Crippen MR) is 65.2 cm³/mol. The zero-order valence-corrected chi connectivity index (χ0v) is 11.6. The molecule has 0 spiro atoms. The van der Waals surface area contributed by atoms with Crippen LogP contribution in [0.5, 0.6) is 0 Å². The van der Waals surface area contributed by atoms with E-state index in [0.717, 1.165) is 25.7 Å². The summed E-state index contributed by atoms with van der Waals surface area (Å²) in [7, 11) is 1.38. The van der Waals surface area contributed by atoms with Crippen molar-refractivity contribution in [3.8, 4) is 0 Å². The van der Waals surface area contributed by atoms with Crippen LogP contribution in [0.4, 0.5) is 13.2 Å². The van der Waals surface area contributed by atoms with Gasteiger partial charge in [-0.3, -0.25) is 4.79 Å². The standard InChI is InChI=1S/C13H21F3O4/c1-18-12(17)10-3-5-11(6-4-10)20-8-2-7-19-9-13(14,15)16/h10-11H,2-9H2,1H3. The van der Waals surface area contributed by atoms with Gasteiger partial charge in [0.2, 0.25) is 0 Å². The molecule has 1 aliphatic carbocycles. The van der Waals surface area contributed by atoms with Gasteiger partial charge in [-0.1, -0.05) is 0 Å². The number of esters is 1. The zero-order valence-electron chi connectivity index (χ0n) is 11.6. The van der Waals surface area contributed by atoms with Gasteiger partial charge in [-0.25, -0.2) is 0 Å². The molecule has 0 aromatic rings. The first-order chi connectivity index (χ1) is 9.42. The quantitative estimate of drug-likeness (QED) is 0.535. The van der Waals surface area contributed by atoms with Crippen LogP contribution in [0, 0.1) is 5.92 Å². The minimum atomic E-state index is -4.27. The fourth-order valence-electron chi connectivity index (χ4n) is 2.23. The maximum atomic E-state index is 11.8. The van der Waals surface area contributed by atoms with Gasteiger partial charge in [-0.2, -0.15) is 13.2 Å². The molecular weight excluding hydrogens is 277 g/mol. The molecular formula is C13H21F3O4. The number of carbonyl (C=O) groups is 1. The first-order valence-electron chi connectivity index (χ1n) is 6.76. The van der Waals surface area contributed by atoms with Crippen molar-refractivity contribution >= 4 is 5.97 Å². The predicted octanol–water partition coefficient (Wildman–Crippen LogP) is 2.70. The van der Waals surface area contributed by atoms with Crippen LogP contribution < -0.4 is 0 Å². The minimum Gasteiger partial charge on any atom is -0.469 e. The third-order valence-corrected chi connectivity index (χ3v) is 3.26. The van der Waals surface area contributed by atoms with Crippen LogP contribution in [0.25, 0.3) is 0 Å². The Morgan fingerprint density at radius 2 is 1.80 bits per heavy atom. The lowest BCUT2D eigenvalue weighted by molar-refractivity contribution is -0.175. The summed E-state index contributed by atoms with van der Waals surface area (Å²) in [5.41, 5.74) is 0. The van der Waals surface area contributed by atoms with Gasteiger partial charge in [0.05, 0.1) is 19.1 Å². The molecule has 0 amide bonds. The molecule has 0 aromatic heterocycles. The fourth-order valence-corrected chi connectivity index (χ4v) is 2.23. The van der Waals surface area contributed by atoms with Crippen LogP contribution >= 0.6 is 0 Å². The minimum absolute atomic E-state index is 0.0387. The number of alkyl halides is 3. The Bertz CT molecular complexity index is 286. The average Bonchev–Trinajstić information content (AvgIpc) is 2.41. The number of carbonyl (C=O) groups excluding carboxylic acids is 1. The fraction of sp³-hybridized carbons (Fsp3) is 0.923. The monoisotopic (exact) mass is 298 g/mol. The number of methoxy groups -OCH3 is 1. The molecule has 0 aliphatic heterocycles. The van der Waals surface area contributed by atoms with Gasteiger partial charge in [0.25, 0.3) is 0 Å². The van der Waals surface area contributed by atoms with E-state index in [9.17, 15) is 18.0 Å². The molecule has 4 nitrogen and oxygen atoms in total. The van der Waals surface area contributed by atoms with Crippen LogP contribution in [-0.2, 0) is 19.0 Å². The second kappa shape index (κ2) is 8.46. The van der Waals surface area contributed by atoms with E-state index in [1.807, 2.05) is 0 Å². The number of ether oxygens (including phenoxy) is 3. The summed E-state index contributed by atoms with van der Waals surface area (Å²) in [4.78, 5) is 11.3. The van der Waals surface area contributed by atoms with Crippen molar-refractivity contribution in [2.45, 2.75) is 44.4 Å². The molecule has 1 fully saturated rings. The molecule has 0 N–H and O–H groups in total. The van der Waals surface area contributed by atoms with Gasteiger partial charge in [-0.15, -0.1) is 0 Å². The van der Waals surface area contributed by atoms with E-state index in [-0.39, 0.29) is 24.6 Å². The molecule has 1 aliphatic rings. The molecule has 0 saturated heterocycles. The Morgan fingerprint density at radius 1 is 1.15 bits per heavy atom. The normalized spacial score (nSPS) is 23.6. The van der Waals surface area contributed by atoms with Crippen molar-refractivity contribution in [2.24, 2.45) is 5.92 Å². The first-order valence-corrected chi connectivity index (χ1v) is 6.76. The summed E-state index contributed by atoms with van der Waals surface area (Å²) in [6.45, 7) is -0.792. The van der Waals surface area contributed by atoms with Crippen LogP contribution in [0.2, 0.25) is 0 Å². The molecule has 118 valence electrons. The highest BCUT2D eigenvalue weighted by atomic mass is 19.4. The Hall–Kier alpha value is -0.820. The highest BCUT2D eigenvalue weighted by Crippen LogP contribution is 2.27. The molecule has 0 atom stereocenters. The lowest BCUT2D eigenvalue weighted by Crippen LogP contribution is -2.27. The summed E-state index contributed by atoms with van der Waals surface area (Å²) >= 11 is 0. The third kappa shape index (κ3) is 7.09. The molecule has 20 heavy (non-hydrogen) atoms. The van der Waals surface area contributed by atoms with Gasteiger partial charge in [0, 0.05) is 13.2 Å². The largest absolute Gasteiger partial charge is 0.469 e. The lowest BCUT2D eigenvalue weighted by atomic mass is 9.87. The average molecular weight is 298 g/mol. The molecule has 7 heteroatoms. The Kier molecular flexibility index (Phi) is 7.29. The van der Waals surface area contributed by atoms with Crippen molar-refractivity contribution in [3.63, 3.8) is 0 Å². The Morgan fingerprint density at radius 3 is 2.35 bits per heavy atom. The van der Waals surface area contributed by atoms with Gasteiger partial charge in [0.1, 0.15) is 6.61 Å². The van der Waals surface area contributed by atoms with E-state index >= 15 is 0 Å². The molecule has 0 aromatic carbocycles. The number of hydrogen-bond donors (Lipinski definition) is 0. The number of rotatable bonds is 7. The second-order valence-electron chi connectivity index (χ2n) is 4.89. The third-order valence-electron chi connectivity index (χ3n) is 3.26. The highest BCUT2D eigenvalue weighted by molar-refractivity contribution is 5.72. The van der Waals surface area contributed by atoms with E-state index in [4.69, 9.17) is 4.74 Å². The van der Waals surface area contributed by atoms with Crippen molar-refractivity contribution in [2.75, 3.05) is 26.9 Å². The second-order valence-corrected chi connectivity index (χ2v) is 4.89. The van der Waals surface area contributed by atoms with E-state index < -0.39 is 12.8 Å². The van der Waals surface area contributed by atoms with E-state index in [1.165, 1.54) is 7.11 Å². The maximum Gasteiger partial charge on any atom is 0.411 e. The van der Waals surface area contributed by atoms with Crippen molar-refractivity contribution in [1.82, 2.24) is 0 Å². The lowest BCUT2D eigenvalue weighted by Gasteiger charge is -2.26. The smallest absolute Gasteiger partial charge is 0.411 e. The summed E-state index contributed by atoms with van der Waals surface area (Å²) < 4.78 is 50.1.